The molecule has 1 unspecified atom stereocenters. The molecule has 0 fully saturated rings. The third-order valence-electron chi connectivity index (χ3n) is 3.45. The van der Waals surface area contributed by atoms with E-state index in [0.29, 0.717) is 6.07 Å². The van der Waals surface area contributed by atoms with Crippen molar-refractivity contribution < 1.29 is 13.2 Å². The molecule has 1 heterocycles. The molecular formula is C14H12F3NS. The minimum atomic E-state index is -1.19. The van der Waals surface area contributed by atoms with Gasteiger partial charge in [0.15, 0.2) is 11.6 Å². The minimum Gasteiger partial charge on any atom is -0.320 e. The van der Waals surface area contributed by atoms with Crippen molar-refractivity contribution in [2.24, 2.45) is 5.73 Å². The lowest BCUT2D eigenvalue weighted by Gasteiger charge is -2.11. The molecule has 0 bridgehead atoms. The fourth-order valence-electron chi connectivity index (χ4n) is 2.43. The summed E-state index contributed by atoms with van der Waals surface area (Å²) in [5.74, 6) is -3.07. The van der Waals surface area contributed by atoms with Crippen LogP contribution in [0.1, 0.15) is 33.3 Å². The predicted molar refractivity (Wildman–Crippen MR) is 68.7 cm³/mol. The number of rotatable bonds is 2. The Morgan fingerprint density at radius 3 is 2.47 bits per heavy atom. The average molecular weight is 283 g/mol. The van der Waals surface area contributed by atoms with Crippen LogP contribution in [-0.4, -0.2) is 0 Å². The highest BCUT2D eigenvalue weighted by Gasteiger charge is 2.22. The van der Waals surface area contributed by atoms with E-state index in [-0.39, 0.29) is 5.56 Å². The minimum absolute atomic E-state index is 0.00109. The maximum Gasteiger partial charge on any atom is 0.161 e. The zero-order valence-corrected chi connectivity index (χ0v) is 10.9. The van der Waals surface area contributed by atoms with Crippen molar-refractivity contribution in [3.05, 3.63) is 56.5 Å². The summed E-state index contributed by atoms with van der Waals surface area (Å²) < 4.78 is 39.8. The van der Waals surface area contributed by atoms with Gasteiger partial charge in [0.1, 0.15) is 5.82 Å². The molecule has 1 nitrogen and oxygen atoms in total. The van der Waals surface area contributed by atoms with Gasteiger partial charge >= 0.3 is 0 Å². The molecule has 3 rings (SSSR count). The summed E-state index contributed by atoms with van der Waals surface area (Å²) in [6, 6.07) is 2.61. The van der Waals surface area contributed by atoms with Crippen LogP contribution in [-0.2, 0) is 12.8 Å². The van der Waals surface area contributed by atoms with Gasteiger partial charge in [0, 0.05) is 21.4 Å². The monoisotopic (exact) mass is 283 g/mol. The number of hydrogen-bond acceptors (Lipinski definition) is 2. The van der Waals surface area contributed by atoms with Crippen LogP contribution in [0.3, 0.4) is 0 Å². The van der Waals surface area contributed by atoms with E-state index in [4.69, 9.17) is 5.73 Å². The topological polar surface area (TPSA) is 26.0 Å². The largest absolute Gasteiger partial charge is 0.320 e. The molecule has 1 atom stereocenters. The van der Waals surface area contributed by atoms with Crippen molar-refractivity contribution in [1.29, 1.82) is 0 Å². The normalized spacial score (nSPS) is 15.6. The zero-order chi connectivity index (χ0) is 13.6. The van der Waals surface area contributed by atoms with Gasteiger partial charge in [0.25, 0.3) is 0 Å². The number of nitrogens with two attached hydrogens (primary N) is 1. The third kappa shape index (κ3) is 2.17. The molecule has 1 aliphatic carbocycles. The van der Waals surface area contributed by atoms with Crippen molar-refractivity contribution in [1.82, 2.24) is 0 Å². The molecule has 0 aliphatic heterocycles. The van der Waals surface area contributed by atoms with Gasteiger partial charge in [0.05, 0.1) is 6.04 Å². The Morgan fingerprint density at radius 1 is 1.00 bits per heavy atom. The van der Waals surface area contributed by atoms with E-state index in [9.17, 15) is 13.2 Å². The summed E-state index contributed by atoms with van der Waals surface area (Å²) in [6.07, 6.45) is 3.17. The van der Waals surface area contributed by atoms with E-state index in [1.807, 2.05) is 6.07 Å². The van der Waals surface area contributed by atoms with Gasteiger partial charge < -0.3 is 5.73 Å². The molecule has 0 spiro atoms. The number of aryl methyl sites for hydroxylation is 2. The molecule has 1 aliphatic rings. The van der Waals surface area contributed by atoms with Gasteiger partial charge in [-0.2, -0.15) is 0 Å². The lowest BCUT2D eigenvalue weighted by Crippen LogP contribution is -2.13. The first-order valence-electron chi connectivity index (χ1n) is 6.08. The second kappa shape index (κ2) is 4.65. The Kier molecular flexibility index (Phi) is 3.11. The molecule has 100 valence electrons. The molecular weight excluding hydrogens is 271 g/mol. The van der Waals surface area contributed by atoms with Crippen LogP contribution < -0.4 is 5.73 Å². The first-order chi connectivity index (χ1) is 9.06. The summed E-state index contributed by atoms with van der Waals surface area (Å²) in [5.41, 5.74) is 7.23. The van der Waals surface area contributed by atoms with Crippen LogP contribution in [0.5, 0.6) is 0 Å². The summed E-state index contributed by atoms with van der Waals surface area (Å²) in [7, 11) is 0. The van der Waals surface area contributed by atoms with E-state index >= 15 is 0 Å². The second-order valence-corrected chi connectivity index (χ2v) is 5.88. The number of thiophene rings is 1. The molecule has 0 saturated carbocycles. The first-order valence-corrected chi connectivity index (χ1v) is 6.89. The van der Waals surface area contributed by atoms with Crippen LogP contribution in [0, 0.1) is 17.5 Å². The second-order valence-electron chi connectivity index (χ2n) is 4.72. The number of hydrogen-bond donors (Lipinski definition) is 1. The van der Waals surface area contributed by atoms with E-state index < -0.39 is 23.5 Å². The van der Waals surface area contributed by atoms with Gasteiger partial charge in [-0.15, -0.1) is 11.3 Å². The lowest BCUT2D eigenvalue weighted by atomic mass is 10.0. The number of benzene rings is 1. The van der Waals surface area contributed by atoms with Gasteiger partial charge in [-0.1, -0.05) is 0 Å². The highest BCUT2D eigenvalue weighted by Crippen LogP contribution is 2.35. The fraction of sp³-hybridized carbons (Fsp3) is 0.286. The zero-order valence-electron chi connectivity index (χ0n) is 10.1. The first kappa shape index (κ1) is 12.7. The summed E-state index contributed by atoms with van der Waals surface area (Å²) >= 11 is 1.54. The van der Waals surface area contributed by atoms with Crippen molar-refractivity contribution in [3.63, 3.8) is 0 Å². The molecule has 0 radical (unpaired) electrons. The molecule has 0 saturated heterocycles. The number of halogens is 3. The van der Waals surface area contributed by atoms with Gasteiger partial charge in [0.2, 0.25) is 0 Å². The fourth-order valence-corrected chi connectivity index (χ4v) is 3.71. The molecule has 19 heavy (non-hydrogen) atoms. The van der Waals surface area contributed by atoms with E-state index in [0.717, 1.165) is 30.2 Å². The quantitative estimate of drug-likeness (QED) is 0.836. The van der Waals surface area contributed by atoms with Crippen molar-refractivity contribution in [2.45, 2.75) is 25.3 Å². The standard InChI is InChI=1S/C14H12F3NS/c15-9-6-11(17)10(16)5-8(9)14(18)13-4-7-2-1-3-12(7)19-13/h4-6,14H,1-3,18H2. The Hall–Kier alpha value is -1.33. The third-order valence-corrected chi connectivity index (χ3v) is 4.77. The smallest absolute Gasteiger partial charge is 0.161 e. The predicted octanol–water partition coefficient (Wildman–Crippen LogP) is 3.70. The van der Waals surface area contributed by atoms with Crippen molar-refractivity contribution in [2.75, 3.05) is 0 Å². The van der Waals surface area contributed by atoms with E-state index in [2.05, 4.69) is 0 Å². The van der Waals surface area contributed by atoms with Crippen LogP contribution in [0.15, 0.2) is 18.2 Å². The summed E-state index contributed by atoms with van der Waals surface area (Å²) in [5, 5.41) is 0. The van der Waals surface area contributed by atoms with Crippen molar-refractivity contribution >= 4 is 11.3 Å². The Morgan fingerprint density at radius 2 is 1.74 bits per heavy atom. The van der Waals surface area contributed by atoms with Gasteiger partial charge in [-0.3, -0.25) is 0 Å². The van der Waals surface area contributed by atoms with Crippen LogP contribution >= 0.6 is 11.3 Å². The van der Waals surface area contributed by atoms with Crippen LogP contribution in [0.25, 0.3) is 0 Å². The SMILES string of the molecule is NC(c1cc2c(s1)CCC2)c1cc(F)c(F)cc1F. The highest BCUT2D eigenvalue weighted by atomic mass is 32.1. The van der Waals surface area contributed by atoms with E-state index in [1.165, 1.54) is 21.8 Å². The molecule has 1 aromatic heterocycles. The number of fused-ring (bicyclic) bond motifs is 1. The highest BCUT2D eigenvalue weighted by molar-refractivity contribution is 7.12. The molecule has 2 N–H and O–H groups in total. The molecule has 5 heteroatoms. The van der Waals surface area contributed by atoms with Crippen LogP contribution in [0.2, 0.25) is 0 Å². The van der Waals surface area contributed by atoms with Gasteiger partial charge in [-0.25, -0.2) is 13.2 Å². The maximum absolute atomic E-state index is 13.7. The Labute approximate surface area is 112 Å². The van der Waals surface area contributed by atoms with Crippen LogP contribution in [0.4, 0.5) is 13.2 Å². The van der Waals surface area contributed by atoms with E-state index in [1.54, 1.807) is 0 Å². The van der Waals surface area contributed by atoms with Crippen molar-refractivity contribution in [3.8, 4) is 0 Å². The lowest BCUT2D eigenvalue weighted by molar-refractivity contribution is 0.488. The van der Waals surface area contributed by atoms with Gasteiger partial charge in [-0.05, 0) is 37.0 Å². The molecule has 2 aromatic rings. The Bertz CT molecular complexity index is 614. The Balaban J connectivity index is 1.99. The average Bonchev–Trinajstić information content (AvgIpc) is 2.93. The molecule has 0 amide bonds. The summed E-state index contributed by atoms with van der Waals surface area (Å²) in [4.78, 5) is 2.07. The summed E-state index contributed by atoms with van der Waals surface area (Å²) in [6.45, 7) is 0. The molecule has 1 aromatic carbocycles. The maximum atomic E-state index is 13.7.